The van der Waals surface area contributed by atoms with Gasteiger partial charge in [0.2, 0.25) is 15.9 Å². The fourth-order valence-corrected chi connectivity index (χ4v) is 5.51. The molecule has 0 saturated carbocycles. The number of rotatable bonds is 7. The molecule has 0 aliphatic carbocycles. The van der Waals surface area contributed by atoms with Crippen LogP contribution in [0.2, 0.25) is 0 Å². The molecule has 38 heavy (non-hydrogen) atoms. The van der Waals surface area contributed by atoms with Crippen molar-refractivity contribution in [2.24, 2.45) is 0 Å². The average Bonchev–Trinajstić information content (AvgIpc) is 3.42. The van der Waals surface area contributed by atoms with Crippen molar-refractivity contribution in [3.63, 3.8) is 0 Å². The molecule has 1 fully saturated rings. The molecule has 0 radical (unpaired) electrons. The third-order valence-corrected chi connectivity index (χ3v) is 7.92. The van der Waals surface area contributed by atoms with Crippen molar-refractivity contribution < 1.29 is 18.0 Å². The molecule has 0 spiro atoms. The van der Waals surface area contributed by atoms with Gasteiger partial charge in [0, 0.05) is 49.0 Å². The Morgan fingerprint density at radius 2 is 1.92 bits per heavy atom. The zero-order chi connectivity index (χ0) is 27.5. The molecule has 1 aliphatic rings. The Labute approximate surface area is 223 Å². The Morgan fingerprint density at radius 3 is 2.50 bits per heavy atom. The standard InChI is InChI=1S/C27H34N6O4S/c1-27(2,3)20-9-11-22(12-10-20)33(26(35)23-16-29-18-30-23)24(19-7-5-13-28-15-19)25(34)31-21-8-6-14-32(17-21)38(4,36)37/h5,7,9-13,15-16,18,21,24H,6,8,14,17H2,1-4H3,(H,29,30)(H,31,34). The highest BCUT2D eigenvalue weighted by atomic mass is 32.2. The lowest BCUT2D eigenvalue weighted by atomic mass is 9.87. The summed E-state index contributed by atoms with van der Waals surface area (Å²) in [5, 5.41) is 3.01. The van der Waals surface area contributed by atoms with E-state index in [0.29, 0.717) is 30.6 Å². The van der Waals surface area contributed by atoms with Crippen LogP contribution >= 0.6 is 0 Å². The van der Waals surface area contributed by atoms with Crippen molar-refractivity contribution in [2.45, 2.75) is 51.1 Å². The number of carbonyl (C=O) groups excluding carboxylic acids is 2. The maximum absolute atomic E-state index is 14.0. The van der Waals surface area contributed by atoms with Crippen LogP contribution in [-0.2, 0) is 20.2 Å². The fraction of sp³-hybridized carbons (Fsp3) is 0.407. The summed E-state index contributed by atoms with van der Waals surface area (Å²) in [7, 11) is -3.39. The van der Waals surface area contributed by atoms with E-state index in [2.05, 4.69) is 41.0 Å². The number of hydrogen-bond acceptors (Lipinski definition) is 6. The van der Waals surface area contributed by atoms with E-state index in [-0.39, 0.29) is 17.7 Å². The number of sulfonamides is 1. The Bertz CT molecular complexity index is 1350. The van der Waals surface area contributed by atoms with Gasteiger partial charge in [-0.25, -0.2) is 17.7 Å². The Hall–Kier alpha value is -3.57. The number of anilines is 1. The van der Waals surface area contributed by atoms with Crippen molar-refractivity contribution in [1.82, 2.24) is 24.6 Å². The van der Waals surface area contributed by atoms with E-state index in [1.807, 2.05) is 24.3 Å². The van der Waals surface area contributed by atoms with Crippen molar-refractivity contribution in [3.8, 4) is 0 Å². The number of piperidine rings is 1. The average molecular weight is 539 g/mol. The number of amides is 2. The molecule has 2 unspecified atom stereocenters. The molecule has 1 aliphatic heterocycles. The summed E-state index contributed by atoms with van der Waals surface area (Å²) < 4.78 is 25.6. The minimum Gasteiger partial charge on any atom is -0.350 e. The summed E-state index contributed by atoms with van der Waals surface area (Å²) >= 11 is 0. The van der Waals surface area contributed by atoms with E-state index in [9.17, 15) is 18.0 Å². The van der Waals surface area contributed by atoms with Crippen LogP contribution < -0.4 is 10.2 Å². The van der Waals surface area contributed by atoms with Gasteiger partial charge in [-0.15, -0.1) is 0 Å². The highest BCUT2D eigenvalue weighted by Crippen LogP contribution is 2.32. The second-order valence-corrected chi connectivity index (χ2v) is 12.6. The van der Waals surface area contributed by atoms with Gasteiger partial charge in [-0.05, 0) is 42.0 Å². The van der Waals surface area contributed by atoms with Crippen LogP contribution in [0.5, 0.6) is 0 Å². The predicted octanol–water partition coefficient (Wildman–Crippen LogP) is 3.03. The first-order valence-electron chi connectivity index (χ1n) is 12.5. The van der Waals surface area contributed by atoms with E-state index in [4.69, 9.17) is 0 Å². The Kier molecular flexibility index (Phi) is 7.98. The van der Waals surface area contributed by atoms with Gasteiger partial charge in [-0.2, -0.15) is 0 Å². The second kappa shape index (κ2) is 11.0. The molecule has 4 rings (SSSR count). The highest BCUT2D eigenvalue weighted by molar-refractivity contribution is 7.88. The van der Waals surface area contributed by atoms with Crippen LogP contribution in [-0.4, -0.2) is 64.9 Å². The molecule has 2 aromatic heterocycles. The maximum Gasteiger partial charge on any atom is 0.279 e. The van der Waals surface area contributed by atoms with Crippen LogP contribution in [0, 0.1) is 0 Å². The van der Waals surface area contributed by atoms with Crippen molar-refractivity contribution in [1.29, 1.82) is 0 Å². The van der Waals surface area contributed by atoms with Gasteiger partial charge in [0.05, 0.1) is 12.6 Å². The van der Waals surface area contributed by atoms with Gasteiger partial charge in [0.25, 0.3) is 5.91 Å². The zero-order valence-electron chi connectivity index (χ0n) is 22.1. The number of nitrogens with one attached hydrogen (secondary N) is 2. The molecule has 1 saturated heterocycles. The van der Waals surface area contributed by atoms with Gasteiger partial charge >= 0.3 is 0 Å². The monoisotopic (exact) mass is 538 g/mol. The third kappa shape index (κ3) is 6.28. The molecule has 2 atom stereocenters. The van der Waals surface area contributed by atoms with E-state index in [0.717, 1.165) is 5.56 Å². The predicted molar refractivity (Wildman–Crippen MR) is 145 cm³/mol. The first kappa shape index (κ1) is 27.5. The summed E-state index contributed by atoms with van der Waals surface area (Å²) in [5.41, 5.74) is 2.19. The number of aromatic nitrogens is 3. The normalized spacial score (nSPS) is 17.5. The van der Waals surface area contributed by atoms with Crippen LogP contribution in [0.4, 0.5) is 5.69 Å². The topological polar surface area (TPSA) is 128 Å². The first-order valence-corrected chi connectivity index (χ1v) is 14.4. The van der Waals surface area contributed by atoms with Crippen molar-refractivity contribution >= 4 is 27.5 Å². The third-order valence-electron chi connectivity index (χ3n) is 6.65. The van der Waals surface area contributed by atoms with Gasteiger partial charge in [-0.3, -0.25) is 19.5 Å². The zero-order valence-corrected chi connectivity index (χ0v) is 22.9. The Balaban J connectivity index is 1.75. The molecule has 10 nitrogen and oxygen atoms in total. The highest BCUT2D eigenvalue weighted by Gasteiger charge is 2.36. The Morgan fingerprint density at radius 1 is 1.18 bits per heavy atom. The molecular formula is C27H34N6O4S. The number of benzene rings is 1. The minimum atomic E-state index is -3.39. The van der Waals surface area contributed by atoms with E-state index < -0.39 is 33.9 Å². The van der Waals surface area contributed by atoms with E-state index in [1.54, 1.807) is 24.5 Å². The van der Waals surface area contributed by atoms with Crippen molar-refractivity contribution in [2.75, 3.05) is 24.2 Å². The molecule has 0 bridgehead atoms. The summed E-state index contributed by atoms with van der Waals surface area (Å²) in [5.74, 6) is -0.887. The summed E-state index contributed by atoms with van der Waals surface area (Å²) in [6, 6.07) is 9.54. The number of pyridine rings is 1. The van der Waals surface area contributed by atoms with E-state index in [1.165, 1.54) is 28.0 Å². The lowest BCUT2D eigenvalue weighted by molar-refractivity contribution is -0.123. The summed E-state index contributed by atoms with van der Waals surface area (Å²) in [6.45, 7) is 6.90. The van der Waals surface area contributed by atoms with Crippen LogP contribution in [0.15, 0.2) is 61.3 Å². The molecule has 3 aromatic rings. The number of carbonyl (C=O) groups is 2. The first-order chi connectivity index (χ1) is 17.9. The van der Waals surface area contributed by atoms with Gasteiger partial charge in [0.15, 0.2) is 0 Å². The minimum absolute atomic E-state index is 0.0951. The SMILES string of the molecule is CC(C)(C)c1ccc(N(C(=O)c2c[nH]cn2)C(C(=O)NC2CCCN(S(C)(=O)=O)C2)c2cccnc2)cc1. The number of H-pyrrole nitrogens is 1. The van der Waals surface area contributed by atoms with E-state index >= 15 is 0 Å². The maximum atomic E-state index is 14.0. The lowest BCUT2D eigenvalue weighted by Gasteiger charge is -2.35. The van der Waals surface area contributed by atoms with Gasteiger partial charge in [-0.1, -0.05) is 39.0 Å². The quantitative estimate of drug-likeness (QED) is 0.476. The summed E-state index contributed by atoms with van der Waals surface area (Å²) in [4.78, 5) is 40.4. The number of imidazole rings is 1. The molecule has 3 heterocycles. The van der Waals surface area contributed by atoms with Crippen LogP contribution in [0.25, 0.3) is 0 Å². The fourth-order valence-electron chi connectivity index (χ4n) is 4.60. The van der Waals surface area contributed by atoms with Crippen LogP contribution in [0.3, 0.4) is 0 Å². The van der Waals surface area contributed by atoms with Crippen molar-refractivity contribution in [3.05, 3.63) is 78.1 Å². The van der Waals surface area contributed by atoms with Crippen LogP contribution in [0.1, 0.15) is 61.3 Å². The molecule has 11 heteroatoms. The molecular weight excluding hydrogens is 504 g/mol. The lowest BCUT2D eigenvalue weighted by Crippen LogP contribution is -2.52. The number of hydrogen-bond donors (Lipinski definition) is 2. The largest absolute Gasteiger partial charge is 0.350 e. The molecule has 1 aromatic carbocycles. The summed E-state index contributed by atoms with van der Waals surface area (Å²) in [6.07, 6.45) is 8.48. The molecule has 2 N–H and O–H groups in total. The second-order valence-electron chi connectivity index (χ2n) is 10.6. The van der Waals surface area contributed by atoms with Gasteiger partial charge in [0.1, 0.15) is 11.7 Å². The number of nitrogens with zero attached hydrogens (tertiary/aromatic N) is 4. The molecule has 202 valence electrons. The number of aromatic amines is 1. The molecule has 2 amide bonds. The van der Waals surface area contributed by atoms with Gasteiger partial charge < -0.3 is 10.3 Å². The smallest absolute Gasteiger partial charge is 0.279 e.